The van der Waals surface area contributed by atoms with Gasteiger partial charge < -0.3 is 9.47 Å². The third-order valence-corrected chi connectivity index (χ3v) is 4.91. The number of sulfonamides is 1. The summed E-state index contributed by atoms with van der Waals surface area (Å²) in [5, 5.41) is 0. The molecule has 2 rings (SSSR count). The molecule has 0 bridgehead atoms. The monoisotopic (exact) mass is 385 g/mol. The highest BCUT2D eigenvalue weighted by atomic mass is 79.9. The number of nitrogens with one attached hydrogen (secondary N) is 1. The summed E-state index contributed by atoms with van der Waals surface area (Å²) in [4.78, 5) is 0.125. The first-order valence-electron chi connectivity index (χ1n) is 6.42. The van der Waals surface area contributed by atoms with Gasteiger partial charge in [-0.25, -0.2) is 13.1 Å². The highest BCUT2D eigenvalue weighted by Crippen LogP contribution is 2.29. The van der Waals surface area contributed by atoms with E-state index in [1.807, 2.05) is 24.3 Å². The van der Waals surface area contributed by atoms with Crippen LogP contribution in [0.4, 0.5) is 0 Å². The summed E-state index contributed by atoms with van der Waals surface area (Å²) in [7, 11) is -0.671. The van der Waals surface area contributed by atoms with Crippen LogP contribution >= 0.6 is 15.9 Å². The molecule has 0 spiro atoms. The number of rotatable bonds is 6. The van der Waals surface area contributed by atoms with Crippen LogP contribution in [-0.2, 0) is 16.6 Å². The molecule has 0 unspecified atom stereocenters. The molecule has 1 N–H and O–H groups in total. The second kappa shape index (κ2) is 7.13. The first-order chi connectivity index (χ1) is 10.5. The van der Waals surface area contributed by atoms with Crippen LogP contribution in [0.2, 0.25) is 0 Å². The van der Waals surface area contributed by atoms with Crippen LogP contribution in [0.15, 0.2) is 51.8 Å². The fraction of sp³-hybridized carbons (Fsp3) is 0.200. The van der Waals surface area contributed by atoms with Crippen LogP contribution in [0.25, 0.3) is 0 Å². The Balaban J connectivity index is 2.20. The summed E-state index contributed by atoms with van der Waals surface area (Å²) in [5.41, 5.74) is 0.860. The molecule has 2 aromatic rings. The maximum Gasteiger partial charge on any atom is 0.241 e. The molecule has 0 aliphatic heterocycles. The Kier molecular flexibility index (Phi) is 5.44. The van der Waals surface area contributed by atoms with Gasteiger partial charge in [-0.15, -0.1) is 0 Å². The maximum atomic E-state index is 12.3. The summed E-state index contributed by atoms with van der Waals surface area (Å²) in [6.07, 6.45) is 0. The predicted molar refractivity (Wildman–Crippen MR) is 87.7 cm³/mol. The van der Waals surface area contributed by atoms with E-state index >= 15 is 0 Å². The molecule has 0 heterocycles. The van der Waals surface area contributed by atoms with Crippen molar-refractivity contribution in [3.63, 3.8) is 0 Å². The van der Waals surface area contributed by atoms with E-state index in [9.17, 15) is 8.42 Å². The van der Waals surface area contributed by atoms with Crippen molar-refractivity contribution in [2.24, 2.45) is 0 Å². The van der Waals surface area contributed by atoms with Crippen molar-refractivity contribution in [1.29, 1.82) is 0 Å². The summed E-state index contributed by atoms with van der Waals surface area (Å²) >= 11 is 3.35. The minimum absolute atomic E-state index is 0.125. The molecular weight excluding hydrogens is 370 g/mol. The van der Waals surface area contributed by atoms with Gasteiger partial charge in [0.1, 0.15) is 0 Å². The molecule has 0 atom stereocenters. The molecule has 0 radical (unpaired) electrons. The van der Waals surface area contributed by atoms with E-state index < -0.39 is 10.0 Å². The molecule has 2 aromatic carbocycles. The van der Waals surface area contributed by atoms with Gasteiger partial charge in [0.2, 0.25) is 10.0 Å². The minimum Gasteiger partial charge on any atom is -0.493 e. The van der Waals surface area contributed by atoms with Gasteiger partial charge in [-0.1, -0.05) is 28.1 Å². The van der Waals surface area contributed by atoms with Gasteiger partial charge in [0.05, 0.1) is 19.1 Å². The number of hydrogen-bond acceptors (Lipinski definition) is 4. The molecule has 0 saturated carbocycles. The van der Waals surface area contributed by atoms with Crippen molar-refractivity contribution in [3.05, 3.63) is 52.5 Å². The first-order valence-corrected chi connectivity index (χ1v) is 8.70. The van der Waals surface area contributed by atoms with Crippen molar-refractivity contribution < 1.29 is 17.9 Å². The Hall–Kier alpha value is -1.57. The average Bonchev–Trinajstić information content (AvgIpc) is 2.52. The Bertz CT molecular complexity index is 762. The molecule has 0 saturated heterocycles. The van der Waals surface area contributed by atoms with E-state index in [2.05, 4.69) is 20.7 Å². The zero-order valence-electron chi connectivity index (χ0n) is 12.2. The SMILES string of the molecule is COc1ccc(S(=O)(=O)NCc2cccc(Br)c2)cc1OC. The fourth-order valence-electron chi connectivity index (χ4n) is 1.89. The Morgan fingerprint density at radius 2 is 1.77 bits per heavy atom. The quantitative estimate of drug-likeness (QED) is 0.829. The van der Waals surface area contributed by atoms with Crippen LogP contribution in [-0.4, -0.2) is 22.6 Å². The lowest BCUT2D eigenvalue weighted by Crippen LogP contribution is -2.23. The van der Waals surface area contributed by atoms with E-state index in [0.717, 1.165) is 10.0 Å². The summed E-state index contributed by atoms with van der Waals surface area (Å²) in [6.45, 7) is 0.204. The van der Waals surface area contributed by atoms with E-state index in [4.69, 9.17) is 9.47 Å². The van der Waals surface area contributed by atoms with Crippen LogP contribution in [0.3, 0.4) is 0 Å². The molecule has 22 heavy (non-hydrogen) atoms. The van der Waals surface area contributed by atoms with E-state index in [1.54, 1.807) is 6.07 Å². The highest BCUT2D eigenvalue weighted by molar-refractivity contribution is 9.10. The largest absolute Gasteiger partial charge is 0.493 e. The molecule has 0 amide bonds. The number of methoxy groups -OCH3 is 2. The summed E-state index contributed by atoms with van der Waals surface area (Å²) in [5.74, 6) is 0.848. The van der Waals surface area contributed by atoms with Gasteiger partial charge in [0, 0.05) is 17.1 Å². The third-order valence-electron chi connectivity index (χ3n) is 3.02. The highest BCUT2D eigenvalue weighted by Gasteiger charge is 2.16. The molecular formula is C15H16BrNO4S. The van der Waals surface area contributed by atoms with Crippen LogP contribution in [0.5, 0.6) is 11.5 Å². The third kappa shape index (κ3) is 4.00. The van der Waals surface area contributed by atoms with E-state index in [0.29, 0.717) is 11.5 Å². The average molecular weight is 386 g/mol. The Labute approximate surface area is 138 Å². The van der Waals surface area contributed by atoms with Crippen molar-refractivity contribution in [3.8, 4) is 11.5 Å². The lowest BCUT2D eigenvalue weighted by atomic mass is 10.2. The smallest absolute Gasteiger partial charge is 0.241 e. The van der Waals surface area contributed by atoms with Gasteiger partial charge in [0.25, 0.3) is 0 Å². The van der Waals surface area contributed by atoms with E-state index in [-0.39, 0.29) is 11.4 Å². The zero-order valence-corrected chi connectivity index (χ0v) is 14.6. The normalized spacial score (nSPS) is 11.2. The molecule has 0 aliphatic rings. The fourth-order valence-corrected chi connectivity index (χ4v) is 3.37. The first kappa shape index (κ1) is 16.8. The molecule has 118 valence electrons. The lowest BCUT2D eigenvalue weighted by molar-refractivity contribution is 0.354. The van der Waals surface area contributed by atoms with Crippen molar-refractivity contribution in [1.82, 2.24) is 4.72 Å². The van der Waals surface area contributed by atoms with Gasteiger partial charge in [0.15, 0.2) is 11.5 Å². The zero-order chi connectivity index (χ0) is 16.2. The van der Waals surface area contributed by atoms with E-state index in [1.165, 1.54) is 26.4 Å². The molecule has 0 aromatic heterocycles. The van der Waals surface area contributed by atoms with Crippen LogP contribution in [0, 0.1) is 0 Å². The molecule has 0 fully saturated rings. The minimum atomic E-state index is -3.63. The standard InChI is InChI=1S/C15H16BrNO4S/c1-20-14-7-6-13(9-15(14)21-2)22(18,19)17-10-11-4-3-5-12(16)8-11/h3-9,17H,10H2,1-2H3. The topological polar surface area (TPSA) is 64.6 Å². The second-order valence-corrected chi connectivity index (χ2v) is 7.15. The number of ether oxygens (including phenoxy) is 2. The molecule has 0 aliphatic carbocycles. The number of hydrogen-bond donors (Lipinski definition) is 1. The molecule has 5 nitrogen and oxygen atoms in total. The molecule has 7 heteroatoms. The Morgan fingerprint density at radius 1 is 1.05 bits per heavy atom. The van der Waals surface area contributed by atoms with Gasteiger partial charge in [-0.05, 0) is 29.8 Å². The number of benzene rings is 2. The van der Waals surface area contributed by atoms with Gasteiger partial charge >= 0.3 is 0 Å². The second-order valence-electron chi connectivity index (χ2n) is 4.47. The summed E-state index contributed by atoms with van der Waals surface area (Å²) < 4.78 is 38.4. The Morgan fingerprint density at radius 3 is 2.41 bits per heavy atom. The summed E-state index contributed by atoms with van der Waals surface area (Å²) in [6, 6.07) is 11.9. The lowest BCUT2D eigenvalue weighted by Gasteiger charge is -2.11. The predicted octanol–water partition coefficient (Wildman–Crippen LogP) is 2.94. The van der Waals surface area contributed by atoms with Crippen LogP contribution in [0.1, 0.15) is 5.56 Å². The van der Waals surface area contributed by atoms with Crippen molar-refractivity contribution in [2.45, 2.75) is 11.4 Å². The van der Waals surface area contributed by atoms with Crippen molar-refractivity contribution >= 4 is 26.0 Å². The van der Waals surface area contributed by atoms with Gasteiger partial charge in [-0.2, -0.15) is 0 Å². The maximum absolute atomic E-state index is 12.3. The van der Waals surface area contributed by atoms with Gasteiger partial charge in [-0.3, -0.25) is 0 Å². The van der Waals surface area contributed by atoms with Crippen LogP contribution < -0.4 is 14.2 Å². The number of halogens is 1. The van der Waals surface area contributed by atoms with Crippen molar-refractivity contribution in [2.75, 3.05) is 14.2 Å².